The summed E-state index contributed by atoms with van der Waals surface area (Å²) in [4.78, 5) is 12.8. The van der Waals surface area contributed by atoms with Crippen LogP contribution in [0.5, 0.6) is 17.2 Å². The van der Waals surface area contributed by atoms with E-state index in [9.17, 15) is 15.3 Å². The van der Waals surface area contributed by atoms with E-state index < -0.39 is 5.91 Å². The number of rotatable bonds is 9. The quantitative estimate of drug-likeness (QED) is 0.334. The number of carbonyl (C=O) groups is 1. The summed E-state index contributed by atoms with van der Waals surface area (Å²) >= 11 is 0. The predicted molar refractivity (Wildman–Crippen MR) is 133 cm³/mol. The van der Waals surface area contributed by atoms with Gasteiger partial charge >= 0.3 is 0 Å². The number of anilines is 1. The minimum absolute atomic E-state index is 0.0763. The molecule has 0 aliphatic heterocycles. The zero-order valence-electron chi connectivity index (χ0n) is 19.8. The molecule has 0 aliphatic rings. The standard InChI is InChI=1S/C28H25N3O4/c1-4-34-27-15-20(10-12-26(27)35-18-22-8-6-5-7-21(22)16-29)14-23(17-30)28(32)31-24-13-19(2)9-11-25(24)33-3/h5-15H,4,18H2,1-3H3,(H,31,32)/b23-14+. The van der Waals surface area contributed by atoms with Crippen molar-refractivity contribution in [2.24, 2.45) is 0 Å². The third-order valence-electron chi connectivity index (χ3n) is 5.07. The first-order valence-corrected chi connectivity index (χ1v) is 10.9. The van der Waals surface area contributed by atoms with Crippen LogP contribution >= 0.6 is 0 Å². The molecule has 7 heteroatoms. The molecule has 0 bridgehead atoms. The Balaban J connectivity index is 1.83. The molecule has 0 spiro atoms. The zero-order valence-corrected chi connectivity index (χ0v) is 19.8. The Labute approximate surface area is 204 Å². The molecule has 3 aromatic rings. The Morgan fingerprint density at radius 1 is 1.00 bits per heavy atom. The second-order valence-electron chi connectivity index (χ2n) is 7.52. The van der Waals surface area contributed by atoms with E-state index in [-0.39, 0.29) is 12.2 Å². The van der Waals surface area contributed by atoms with Gasteiger partial charge in [0, 0.05) is 5.56 Å². The van der Waals surface area contributed by atoms with Gasteiger partial charge in [0.15, 0.2) is 11.5 Å². The lowest BCUT2D eigenvalue weighted by atomic mass is 10.1. The fourth-order valence-corrected chi connectivity index (χ4v) is 3.34. The van der Waals surface area contributed by atoms with Crippen molar-refractivity contribution in [3.05, 3.63) is 88.5 Å². The number of hydrogen-bond acceptors (Lipinski definition) is 6. The van der Waals surface area contributed by atoms with Crippen molar-refractivity contribution in [1.82, 2.24) is 0 Å². The van der Waals surface area contributed by atoms with Gasteiger partial charge in [-0.2, -0.15) is 10.5 Å². The van der Waals surface area contributed by atoms with Crippen LogP contribution in [0.3, 0.4) is 0 Å². The van der Waals surface area contributed by atoms with Gasteiger partial charge in [-0.25, -0.2) is 0 Å². The van der Waals surface area contributed by atoms with Gasteiger partial charge in [0.25, 0.3) is 5.91 Å². The average Bonchev–Trinajstić information content (AvgIpc) is 2.87. The number of hydrogen-bond donors (Lipinski definition) is 1. The van der Waals surface area contributed by atoms with Crippen LogP contribution in [0.15, 0.2) is 66.2 Å². The SMILES string of the molecule is CCOc1cc(/C=C(\C#N)C(=O)Nc2cc(C)ccc2OC)ccc1OCc1ccccc1C#N. The molecule has 3 rings (SSSR count). The summed E-state index contributed by atoms with van der Waals surface area (Å²) in [7, 11) is 1.51. The van der Waals surface area contributed by atoms with Crippen LogP contribution in [-0.4, -0.2) is 19.6 Å². The van der Waals surface area contributed by atoms with Crippen molar-refractivity contribution in [3.8, 4) is 29.4 Å². The summed E-state index contributed by atoms with van der Waals surface area (Å²) in [5.41, 5.74) is 3.25. The van der Waals surface area contributed by atoms with Crippen molar-refractivity contribution in [2.75, 3.05) is 19.0 Å². The van der Waals surface area contributed by atoms with Crippen molar-refractivity contribution >= 4 is 17.7 Å². The molecule has 0 radical (unpaired) electrons. The third kappa shape index (κ3) is 6.40. The minimum atomic E-state index is -0.553. The van der Waals surface area contributed by atoms with Gasteiger partial charge in [0.05, 0.1) is 31.0 Å². The normalized spacial score (nSPS) is 10.6. The van der Waals surface area contributed by atoms with Crippen molar-refractivity contribution in [1.29, 1.82) is 10.5 Å². The Kier molecular flexibility index (Phi) is 8.48. The van der Waals surface area contributed by atoms with Crippen LogP contribution in [0.2, 0.25) is 0 Å². The number of ether oxygens (including phenoxy) is 3. The van der Waals surface area contributed by atoms with E-state index in [0.717, 1.165) is 11.1 Å². The summed E-state index contributed by atoms with van der Waals surface area (Å²) in [6, 6.07) is 21.8. The molecule has 0 unspecified atom stereocenters. The second-order valence-corrected chi connectivity index (χ2v) is 7.52. The molecule has 7 nitrogen and oxygen atoms in total. The molecule has 0 aliphatic carbocycles. The molecular formula is C28H25N3O4. The van der Waals surface area contributed by atoms with Crippen molar-refractivity contribution < 1.29 is 19.0 Å². The highest BCUT2D eigenvalue weighted by molar-refractivity contribution is 6.10. The Morgan fingerprint density at radius 2 is 1.77 bits per heavy atom. The van der Waals surface area contributed by atoms with Crippen LogP contribution in [-0.2, 0) is 11.4 Å². The molecule has 0 atom stereocenters. The van der Waals surface area contributed by atoms with Crippen LogP contribution in [0, 0.1) is 29.6 Å². The Hall–Kier alpha value is -4.75. The van der Waals surface area contributed by atoms with E-state index in [4.69, 9.17) is 14.2 Å². The topological polar surface area (TPSA) is 104 Å². The number of nitriles is 2. The molecule has 0 saturated carbocycles. The number of aryl methyl sites for hydroxylation is 1. The number of benzene rings is 3. The monoisotopic (exact) mass is 467 g/mol. The summed E-state index contributed by atoms with van der Waals surface area (Å²) in [5, 5.41) is 21.6. The van der Waals surface area contributed by atoms with Crippen molar-refractivity contribution in [3.63, 3.8) is 0 Å². The van der Waals surface area contributed by atoms with E-state index in [1.165, 1.54) is 13.2 Å². The molecule has 35 heavy (non-hydrogen) atoms. The van der Waals surface area contributed by atoms with Gasteiger partial charge in [0.2, 0.25) is 0 Å². The molecule has 3 aromatic carbocycles. The number of amides is 1. The van der Waals surface area contributed by atoms with Gasteiger partial charge in [0.1, 0.15) is 24.0 Å². The summed E-state index contributed by atoms with van der Waals surface area (Å²) < 4.78 is 16.9. The predicted octanol–water partition coefficient (Wildman–Crippen LogP) is 5.40. The molecular weight excluding hydrogens is 442 g/mol. The summed E-state index contributed by atoms with van der Waals surface area (Å²) in [6.07, 6.45) is 1.48. The second kappa shape index (κ2) is 11.9. The van der Waals surface area contributed by atoms with E-state index in [0.29, 0.717) is 40.7 Å². The average molecular weight is 468 g/mol. The molecule has 0 fully saturated rings. The Bertz CT molecular complexity index is 1330. The fraction of sp³-hybridized carbons (Fsp3) is 0.179. The maximum atomic E-state index is 12.8. The minimum Gasteiger partial charge on any atom is -0.495 e. The van der Waals surface area contributed by atoms with Gasteiger partial charge in [-0.05, 0) is 61.4 Å². The highest BCUT2D eigenvalue weighted by atomic mass is 16.5. The van der Waals surface area contributed by atoms with Crippen molar-refractivity contribution in [2.45, 2.75) is 20.5 Å². The molecule has 0 saturated heterocycles. The lowest BCUT2D eigenvalue weighted by molar-refractivity contribution is -0.112. The first kappa shape index (κ1) is 24.9. The summed E-state index contributed by atoms with van der Waals surface area (Å²) in [5.74, 6) is 0.903. The first-order valence-electron chi connectivity index (χ1n) is 10.9. The summed E-state index contributed by atoms with van der Waals surface area (Å²) in [6.45, 7) is 4.34. The van der Waals surface area contributed by atoms with E-state index in [1.807, 2.05) is 38.1 Å². The van der Waals surface area contributed by atoms with Gasteiger partial charge in [-0.1, -0.05) is 30.3 Å². The maximum absolute atomic E-state index is 12.8. The van der Waals surface area contributed by atoms with Crippen LogP contribution in [0.25, 0.3) is 6.08 Å². The molecule has 1 N–H and O–H groups in total. The molecule has 0 heterocycles. The van der Waals surface area contributed by atoms with Crippen LogP contribution in [0.1, 0.15) is 29.2 Å². The van der Waals surface area contributed by atoms with E-state index >= 15 is 0 Å². The van der Waals surface area contributed by atoms with Gasteiger partial charge in [-0.15, -0.1) is 0 Å². The lowest BCUT2D eigenvalue weighted by Gasteiger charge is -2.13. The number of carbonyl (C=O) groups excluding carboxylic acids is 1. The fourth-order valence-electron chi connectivity index (χ4n) is 3.34. The molecule has 1 amide bonds. The highest BCUT2D eigenvalue weighted by Crippen LogP contribution is 2.31. The number of nitrogens with one attached hydrogen (secondary N) is 1. The first-order chi connectivity index (χ1) is 17.0. The molecule has 0 aromatic heterocycles. The smallest absolute Gasteiger partial charge is 0.266 e. The van der Waals surface area contributed by atoms with E-state index in [2.05, 4.69) is 11.4 Å². The zero-order chi connectivity index (χ0) is 25.2. The van der Waals surface area contributed by atoms with Gasteiger partial charge in [-0.3, -0.25) is 4.79 Å². The third-order valence-corrected chi connectivity index (χ3v) is 5.07. The number of nitrogens with zero attached hydrogens (tertiary/aromatic N) is 2. The van der Waals surface area contributed by atoms with E-state index in [1.54, 1.807) is 42.5 Å². The van der Waals surface area contributed by atoms with Gasteiger partial charge < -0.3 is 19.5 Å². The maximum Gasteiger partial charge on any atom is 0.266 e. The lowest BCUT2D eigenvalue weighted by Crippen LogP contribution is -2.14. The number of methoxy groups -OCH3 is 1. The van der Waals surface area contributed by atoms with Crippen LogP contribution < -0.4 is 19.5 Å². The molecule has 176 valence electrons. The van der Waals surface area contributed by atoms with Crippen LogP contribution in [0.4, 0.5) is 5.69 Å². The largest absolute Gasteiger partial charge is 0.495 e. The Morgan fingerprint density at radius 3 is 2.49 bits per heavy atom. The highest BCUT2D eigenvalue weighted by Gasteiger charge is 2.14.